The van der Waals surface area contributed by atoms with E-state index in [1.165, 1.54) is 4.90 Å². The first-order chi connectivity index (χ1) is 15.4. The number of carbonyl (C=O) groups excluding carboxylic acids is 3. The van der Waals surface area contributed by atoms with Crippen LogP contribution in [0, 0.1) is 18.8 Å². The summed E-state index contributed by atoms with van der Waals surface area (Å²) in [4.78, 5) is 43.2. The van der Waals surface area contributed by atoms with Crippen molar-refractivity contribution in [2.24, 2.45) is 11.8 Å². The Hall–Kier alpha value is -2.68. The number of halogens is 1. The summed E-state index contributed by atoms with van der Waals surface area (Å²) < 4.78 is 11.6. The number of carbonyl (C=O) groups is 3. The maximum atomic E-state index is 14.0. The average Bonchev–Trinajstić information content (AvgIpc) is 3.04. The highest BCUT2D eigenvalue weighted by Crippen LogP contribution is 2.53. The number of likely N-dealkylation sites (tertiary alicyclic amines) is 1. The third-order valence-corrected chi connectivity index (χ3v) is 7.02. The lowest BCUT2D eigenvalue weighted by atomic mass is 9.78. The minimum absolute atomic E-state index is 0.0533. The second-order valence-corrected chi connectivity index (χ2v) is 8.82. The Balaban J connectivity index is 1.65. The number of rotatable bonds is 3. The van der Waals surface area contributed by atoms with E-state index in [4.69, 9.17) is 21.1 Å². The number of nitrogens with zero attached hydrogens (tertiary/aromatic N) is 2. The zero-order valence-corrected chi connectivity index (χ0v) is 18.2. The first-order valence-corrected chi connectivity index (χ1v) is 10.9. The average molecular weight is 459 g/mol. The molecule has 2 amide bonds. The van der Waals surface area contributed by atoms with Crippen LogP contribution in [0.3, 0.4) is 0 Å². The van der Waals surface area contributed by atoms with E-state index in [0.29, 0.717) is 10.7 Å². The Labute approximate surface area is 190 Å². The van der Waals surface area contributed by atoms with Crippen molar-refractivity contribution in [2.45, 2.75) is 24.7 Å². The van der Waals surface area contributed by atoms with Crippen LogP contribution in [0.15, 0.2) is 42.5 Å². The number of β-amino-alcohol motifs (C(OH)–C–C–N with tert-alkyl or cyclic N) is 1. The second kappa shape index (κ2) is 7.72. The number of cyclic esters (lactones) is 1. The zero-order chi connectivity index (χ0) is 22.6. The van der Waals surface area contributed by atoms with Crippen molar-refractivity contribution in [1.29, 1.82) is 0 Å². The summed E-state index contributed by atoms with van der Waals surface area (Å²) in [7, 11) is 0. The molecular formula is C23H23ClN2O6. The van der Waals surface area contributed by atoms with Gasteiger partial charge in [-0.3, -0.25) is 14.4 Å². The van der Waals surface area contributed by atoms with Crippen LogP contribution >= 0.6 is 11.6 Å². The smallest absolute Gasteiger partial charge is 0.313 e. The summed E-state index contributed by atoms with van der Waals surface area (Å²) in [6.07, 6.45) is 6.25. The maximum Gasteiger partial charge on any atom is 0.313 e. The summed E-state index contributed by atoms with van der Waals surface area (Å²) >= 11 is 6.46. The second-order valence-electron chi connectivity index (χ2n) is 8.41. The van der Waals surface area contributed by atoms with E-state index in [1.807, 2.05) is 13.0 Å². The molecule has 9 heteroatoms. The first kappa shape index (κ1) is 21.2. The van der Waals surface area contributed by atoms with Crippen molar-refractivity contribution in [3.05, 3.63) is 53.1 Å². The van der Waals surface area contributed by atoms with Gasteiger partial charge in [0.1, 0.15) is 24.2 Å². The molecule has 1 N–H and O–H groups in total. The van der Waals surface area contributed by atoms with E-state index >= 15 is 0 Å². The summed E-state index contributed by atoms with van der Waals surface area (Å²) in [6, 6.07) is 4.33. The van der Waals surface area contributed by atoms with Crippen molar-refractivity contribution in [2.75, 3.05) is 31.2 Å². The predicted octanol–water partition coefficient (Wildman–Crippen LogP) is 1.24. The van der Waals surface area contributed by atoms with Gasteiger partial charge in [0.15, 0.2) is 0 Å². The van der Waals surface area contributed by atoms with E-state index in [-0.39, 0.29) is 32.2 Å². The molecule has 1 spiro atoms. The van der Waals surface area contributed by atoms with E-state index in [2.05, 4.69) is 0 Å². The van der Waals surface area contributed by atoms with Gasteiger partial charge in [-0.2, -0.15) is 0 Å². The number of ether oxygens (including phenoxy) is 2. The van der Waals surface area contributed by atoms with Crippen LogP contribution in [-0.4, -0.2) is 71.8 Å². The van der Waals surface area contributed by atoms with Gasteiger partial charge in [-0.15, -0.1) is 0 Å². The number of hydrogen-bond acceptors (Lipinski definition) is 6. The number of aryl methyl sites for hydroxylation is 1. The highest BCUT2D eigenvalue weighted by Gasteiger charge is 2.71. The lowest BCUT2D eigenvalue weighted by Gasteiger charge is -2.35. The number of aliphatic hydroxyl groups is 1. The highest BCUT2D eigenvalue weighted by molar-refractivity contribution is 6.34. The van der Waals surface area contributed by atoms with Crippen LogP contribution in [0.2, 0.25) is 5.02 Å². The Morgan fingerprint density at radius 3 is 2.78 bits per heavy atom. The maximum absolute atomic E-state index is 14.0. The van der Waals surface area contributed by atoms with Gasteiger partial charge in [-0.05, 0) is 24.6 Å². The van der Waals surface area contributed by atoms with Crippen molar-refractivity contribution >= 4 is 35.1 Å². The Bertz CT molecular complexity index is 1030. The van der Waals surface area contributed by atoms with E-state index in [0.717, 1.165) is 5.56 Å². The van der Waals surface area contributed by atoms with Crippen molar-refractivity contribution in [1.82, 2.24) is 4.90 Å². The SMILES string of the molecule is Cc1cccc(Cl)c1N1CC=C[C@]23O[C@@H]4C=CCOC(=O)[C@@H]4[C@H]2C(=O)N(CCO)C3C1=O. The summed E-state index contributed by atoms with van der Waals surface area (Å²) in [5.74, 6) is -3.09. The first-order valence-electron chi connectivity index (χ1n) is 10.6. The topological polar surface area (TPSA) is 96.4 Å². The van der Waals surface area contributed by atoms with Gasteiger partial charge >= 0.3 is 5.97 Å². The van der Waals surface area contributed by atoms with Crippen molar-refractivity contribution in [3.8, 4) is 0 Å². The molecular weight excluding hydrogens is 436 g/mol. The molecule has 8 nitrogen and oxygen atoms in total. The highest BCUT2D eigenvalue weighted by atomic mass is 35.5. The van der Waals surface area contributed by atoms with Crippen LogP contribution in [0.4, 0.5) is 5.69 Å². The van der Waals surface area contributed by atoms with E-state index in [9.17, 15) is 19.5 Å². The molecule has 2 fully saturated rings. The van der Waals surface area contributed by atoms with Gasteiger partial charge in [-0.1, -0.05) is 42.0 Å². The van der Waals surface area contributed by atoms with Gasteiger partial charge < -0.3 is 24.4 Å². The van der Waals surface area contributed by atoms with E-state index < -0.39 is 41.5 Å². The van der Waals surface area contributed by atoms with Gasteiger partial charge in [0, 0.05) is 13.1 Å². The Kier molecular flexibility index (Phi) is 5.11. The third-order valence-electron chi connectivity index (χ3n) is 6.71. The third kappa shape index (κ3) is 2.86. The largest absolute Gasteiger partial charge is 0.461 e. The molecule has 32 heavy (non-hydrogen) atoms. The molecule has 1 aromatic carbocycles. The number of aliphatic hydroxyl groups excluding tert-OH is 1. The fraction of sp³-hybridized carbons (Fsp3) is 0.435. The van der Waals surface area contributed by atoms with Crippen LogP contribution < -0.4 is 4.90 Å². The molecule has 1 aromatic rings. The van der Waals surface area contributed by atoms with Gasteiger partial charge in [0.25, 0.3) is 5.91 Å². The number of fused-ring (bicyclic) bond motifs is 2. The van der Waals surface area contributed by atoms with Crippen molar-refractivity contribution in [3.63, 3.8) is 0 Å². The fourth-order valence-electron chi connectivity index (χ4n) is 5.48. The molecule has 4 aliphatic rings. The van der Waals surface area contributed by atoms with E-state index in [1.54, 1.807) is 41.3 Å². The summed E-state index contributed by atoms with van der Waals surface area (Å²) in [5, 5.41) is 10.1. The molecule has 0 aliphatic carbocycles. The predicted molar refractivity (Wildman–Crippen MR) is 115 cm³/mol. The summed E-state index contributed by atoms with van der Waals surface area (Å²) in [6.45, 7) is 1.82. The fourth-order valence-corrected chi connectivity index (χ4v) is 5.81. The number of hydrogen-bond donors (Lipinski definition) is 1. The molecule has 2 saturated heterocycles. The summed E-state index contributed by atoms with van der Waals surface area (Å²) in [5.41, 5.74) is 0.0320. The lowest BCUT2D eigenvalue weighted by molar-refractivity contribution is -0.152. The Morgan fingerprint density at radius 1 is 1.22 bits per heavy atom. The monoisotopic (exact) mass is 458 g/mol. The molecule has 0 radical (unpaired) electrons. The number of para-hydroxylation sites is 1. The molecule has 1 unspecified atom stereocenters. The molecule has 0 saturated carbocycles. The normalized spacial score (nSPS) is 33.5. The number of amides is 2. The van der Waals surface area contributed by atoms with Gasteiger partial charge in [0.2, 0.25) is 5.91 Å². The van der Waals surface area contributed by atoms with Gasteiger partial charge in [-0.25, -0.2) is 0 Å². The zero-order valence-electron chi connectivity index (χ0n) is 17.4. The number of anilines is 1. The lowest BCUT2D eigenvalue weighted by Crippen LogP contribution is -2.56. The number of esters is 1. The van der Waals surface area contributed by atoms with Gasteiger partial charge in [0.05, 0.1) is 29.3 Å². The molecule has 168 valence electrons. The standard InChI is InChI=1S/C23H23ClN2O6/c1-13-5-2-6-14(24)18(13)25-9-4-8-23-17(16-15(32-23)7-3-12-31-22(16)30)20(28)26(10-11-27)19(23)21(25)29/h2-8,15-17,19,27H,9-12H2,1H3/t15-,16+,17+,19?,23+/m1/s1. The quantitative estimate of drug-likeness (QED) is 0.540. The van der Waals surface area contributed by atoms with Crippen LogP contribution in [-0.2, 0) is 23.9 Å². The minimum atomic E-state index is -1.34. The van der Waals surface area contributed by atoms with Crippen LogP contribution in [0.25, 0.3) is 0 Å². The minimum Gasteiger partial charge on any atom is -0.461 e. The Morgan fingerprint density at radius 2 is 2.03 bits per heavy atom. The molecule has 5 rings (SSSR count). The molecule has 0 bridgehead atoms. The van der Waals surface area contributed by atoms with Crippen molar-refractivity contribution < 1.29 is 29.0 Å². The molecule has 5 atom stereocenters. The van der Waals surface area contributed by atoms with Crippen LogP contribution in [0.5, 0.6) is 0 Å². The number of benzene rings is 1. The molecule has 4 heterocycles. The molecule has 4 aliphatic heterocycles. The molecule has 0 aromatic heterocycles. The van der Waals surface area contributed by atoms with Crippen LogP contribution in [0.1, 0.15) is 5.56 Å².